The third-order valence-corrected chi connectivity index (χ3v) is 4.24. The van der Waals surface area contributed by atoms with Crippen LogP contribution >= 0.6 is 11.6 Å². The average Bonchev–Trinajstić information content (AvgIpc) is 2.57. The lowest BCUT2D eigenvalue weighted by atomic mass is 10.1. The molecule has 2 aromatic rings. The zero-order valence-corrected chi connectivity index (χ0v) is 15.0. The van der Waals surface area contributed by atoms with Crippen molar-refractivity contribution in [2.45, 2.75) is 33.3 Å². The summed E-state index contributed by atoms with van der Waals surface area (Å²) in [5.41, 5.74) is 2.06. The van der Waals surface area contributed by atoms with Gasteiger partial charge in [0.2, 0.25) is 0 Å². The number of carbonyl (C=O) groups is 1. The normalized spacial score (nSPS) is 11.7. The number of halogens is 1. The van der Waals surface area contributed by atoms with Crippen molar-refractivity contribution in [3.8, 4) is 5.75 Å². The molecule has 0 aromatic heterocycles. The molecule has 0 aliphatic heterocycles. The third kappa shape index (κ3) is 4.48. The number of nitro groups is 1. The van der Waals surface area contributed by atoms with E-state index in [9.17, 15) is 14.9 Å². The largest absolute Gasteiger partial charge is 0.480 e. The first-order chi connectivity index (χ1) is 11.8. The Morgan fingerprint density at radius 3 is 2.68 bits per heavy atom. The average molecular weight is 363 g/mol. The van der Waals surface area contributed by atoms with Gasteiger partial charge in [0.1, 0.15) is 5.75 Å². The molecule has 0 radical (unpaired) electrons. The van der Waals surface area contributed by atoms with Gasteiger partial charge in [-0.15, -0.1) is 0 Å². The lowest BCUT2D eigenvalue weighted by Crippen LogP contribution is -2.32. The SMILES string of the molecule is CC[C@@H](Oc1cccc(C)c1C)C(=O)Nc1cc([N+](=O)[O-])ccc1Cl. The second-order valence-electron chi connectivity index (χ2n) is 5.62. The highest BCUT2D eigenvalue weighted by molar-refractivity contribution is 6.33. The molecule has 0 spiro atoms. The van der Waals surface area contributed by atoms with Crippen LogP contribution in [0.2, 0.25) is 5.02 Å². The smallest absolute Gasteiger partial charge is 0.271 e. The van der Waals surface area contributed by atoms with E-state index in [1.165, 1.54) is 18.2 Å². The van der Waals surface area contributed by atoms with Crippen LogP contribution in [0.4, 0.5) is 11.4 Å². The van der Waals surface area contributed by atoms with E-state index in [4.69, 9.17) is 16.3 Å². The summed E-state index contributed by atoms with van der Waals surface area (Å²) in [5, 5.41) is 13.7. The highest BCUT2D eigenvalue weighted by Crippen LogP contribution is 2.28. The molecule has 1 N–H and O–H groups in total. The maximum Gasteiger partial charge on any atom is 0.271 e. The predicted molar refractivity (Wildman–Crippen MR) is 97.4 cm³/mol. The first-order valence-electron chi connectivity index (χ1n) is 7.81. The fourth-order valence-electron chi connectivity index (χ4n) is 2.26. The van der Waals surface area contributed by atoms with E-state index in [1.54, 1.807) is 6.07 Å². The summed E-state index contributed by atoms with van der Waals surface area (Å²) >= 11 is 6.02. The number of aryl methyl sites for hydroxylation is 1. The van der Waals surface area contributed by atoms with Gasteiger partial charge in [-0.3, -0.25) is 14.9 Å². The number of anilines is 1. The van der Waals surface area contributed by atoms with Crippen LogP contribution in [-0.4, -0.2) is 16.9 Å². The Balaban J connectivity index is 2.19. The summed E-state index contributed by atoms with van der Waals surface area (Å²) in [6.45, 7) is 5.71. The van der Waals surface area contributed by atoms with Crippen LogP contribution in [-0.2, 0) is 4.79 Å². The predicted octanol–water partition coefficient (Wildman–Crippen LogP) is 4.66. The molecule has 25 heavy (non-hydrogen) atoms. The van der Waals surface area contributed by atoms with Crippen LogP contribution in [0.3, 0.4) is 0 Å². The fraction of sp³-hybridized carbons (Fsp3) is 0.278. The Bertz CT molecular complexity index is 808. The van der Waals surface area contributed by atoms with Gasteiger partial charge in [0.25, 0.3) is 11.6 Å². The number of nitro benzene ring substituents is 1. The van der Waals surface area contributed by atoms with Gasteiger partial charge < -0.3 is 10.1 Å². The minimum Gasteiger partial charge on any atom is -0.480 e. The Morgan fingerprint density at radius 1 is 1.32 bits per heavy atom. The number of ether oxygens (including phenoxy) is 1. The number of rotatable bonds is 6. The van der Waals surface area contributed by atoms with E-state index < -0.39 is 16.9 Å². The summed E-state index contributed by atoms with van der Waals surface area (Å²) in [6, 6.07) is 9.51. The van der Waals surface area contributed by atoms with Crippen LogP contribution in [0.1, 0.15) is 24.5 Å². The highest BCUT2D eigenvalue weighted by atomic mass is 35.5. The molecular weight excluding hydrogens is 344 g/mol. The third-order valence-electron chi connectivity index (χ3n) is 3.91. The Hall–Kier alpha value is -2.60. The lowest BCUT2D eigenvalue weighted by molar-refractivity contribution is -0.384. The van der Waals surface area contributed by atoms with Gasteiger partial charge in [-0.25, -0.2) is 0 Å². The second-order valence-corrected chi connectivity index (χ2v) is 6.03. The van der Waals surface area contributed by atoms with Gasteiger partial charge in [-0.1, -0.05) is 30.7 Å². The highest BCUT2D eigenvalue weighted by Gasteiger charge is 2.21. The van der Waals surface area contributed by atoms with Crippen molar-refractivity contribution >= 4 is 28.9 Å². The van der Waals surface area contributed by atoms with Gasteiger partial charge in [0, 0.05) is 12.1 Å². The topological polar surface area (TPSA) is 81.5 Å². The molecule has 0 fully saturated rings. The summed E-state index contributed by atoms with van der Waals surface area (Å²) in [5.74, 6) is 0.220. The minimum absolute atomic E-state index is 0.150. The quantitative estimate of drug-likeness (QED) is 0.598. The van der Waals surface area contributed by atoms with Crippen LogP contribution in [0.25, 0.3) is 0 Å². The molecule has 0 heterocycles. The second kappa shape index (κ2) is 7.98. The van der Waals surface area contributed by atoms with Crippen LogP contribution in [0.15, 0.2) is 36.4 Å². The standard InChI is InChI=1S/C18H19ClN2O4/c1-4-16(25-17-7-5-6-11(2)12(17)3)18(22)20-15-10-13(21(23)24)8-9-14(15)19/h5-10,16H,4H2,1-3H3,(H,20,22)/t16-/m1/s1. The first-order valence-corrected chi connectivity index (χ1v) is 8.19. The molecule has 2 rings (SSSR count). The first kappa shape index (κ1) is 18.7. The number of nitrogens with one attached hydrogen (secondary N) is 1. The van der Waals surface area contributed by atoms with E-state index in [-0.39, 0.29) is 16.4 Å². The molecule has 1 atom stereocenters. The van der Waals surface area contributed by atoms with Crippen molar-refractivity contribution in [3.63, 3.8) is 0 Å². The van der Waals surface area contributed by atoms with Crippen molar-refractivity contribution in [2.24, 2.45) is 0 Å². The summed E-state index contributed by atoms with van der Waals surface area (Å²) in [6.07, 6.45) is -0.304. The van der Waals surface area contributed by atoms with Gasteiger partial charge >= 0.3 is 0 Å². The summed E-state index contributed by atoms with van der Waals surface area (Å²) in [4.78, 5) is 22.8. The van der Waals surface area contributed by atoms with E-state index >= 15 is 0 Å². The Labute approximate surface area is 150 Å². The maximum atomic E-state index is 12.5. The molecule has 0 unspecified atom stereocenters. The number of carbonyl (C=O) groups excluding carboxylic acids is 1. The van der Waals surface area contributed by atoms with Gasteiger partial charge in [0.15, 0.2) is 6.10 Å². The van der Waals surface area contributed by atoms with Crippen LogP contribution < -0.4 is 10.1 Å². The van der Waals surface area contributed by atoms with Crippen molar-refractivity contribution < 1.29 is 14.5 Å². The van der Waals surface area contributed by atoms with Crippen molar-refractivity contribution in [1.29, 1.82) is 0 Å². The molecule has 0 saturated heterocycles. The molecule has 7 heteroatoms. The minimum atomic E-state index is -0.740. The number of hydrogen-bond donors (Lipinski definition) is 1. The summed E-state index contributed by atoms with van der Waals surface area (Å²) < 4.78 is 5.84. The number of non-ortho nitro benzene ring substituents is 1. The fourth-order valence-corrected chi connectivity index (χ4v) is 2.43. The molecule has 2 aromatic carbocycles. The summed E-state index contributed by atoms with van der Waals surface area (Å²) in [7, 11) is 0. The van der Waals surface area contributed by atoms with Crippen LogP contribution in [0.5, 0.6) is 5.75 Å². The number of amides is 1. The van der Waals surface area contributed by atoms with Gasteiger partial charge in [-0.2, -0.15) is 0 Å². The number of hydrogen-bond acceptors (Lipinski definition) is 4. The van der Waals surface area contributed by atoms with Gasteiger partial charge in [0.05, 0.1) is 15.6 Å². The Morgan fingerprint density at radius 2 is 2.04 bits per heavy atom. The van der Waals surface area contributed by atoms with Crippen molar-refractivity contribution in [1.82, 2.24) is 0 Å². The van der Waals surface area contributed by atoms with E-state index in [0.29, 0.717) is 12.2 Å². The Kier molecular flexibility index (Phi) is 5.98. The van der Waals surface area contributed by atoms with E-state index in [0.717, 1.165) is 11.1 Å². The zero-order chi connectivity index (χ0) is 18.6. The van der Waals surface area contributed by atoms with E-state index in [1.807, 2.05) is 32.9 Å². The molecule has 1 amide bonds. The maximum absolute atomic E-state index is 12.5. The monoisotopic (exact) mass is 362 g/mol. The van der Waals surface area contributed by atoms with Gasteiger partial charge in [-0.05, 0) is 43.5 Å². The van der Waals surface area contributed by atoms with Crippen molar-refractivity contribution in [3.05, 3.63) is 62.7 Å². The molecule has 6 nitrogen and oxygen atoms in total. The molecule has 0 aliphatic rings. The molecule has 0 saturated carbocycles. The molecular formula is C18H19ClN2O4. The molecule has 132 valence electrons. The number of benzene rings is 2. The van der Waals surface area contributed by atoms with Crippen molar-refractivity contribution in [2.75, 3.05) is 5.32 Å². The lowest BCUT2D eigenvalue weighted by Gasteiger charge is -2.19. The zero-order valence-electron chi connectivity index (χ0n) is 14.2. The van der Waals surface area contributed by atoms with E-state index in [2.05, 4.69) is 5.32 Å². The van der Waals surface area contributed by atoms with Crippen LogP contribution in [0, 0.1) is 24.0 Å². The molecule has 0 aliphatic carbocycles. The molecule has 0 bridgehead atoms. The number of nitrogens with zero attached hydrogens (tertiary/aromatic N) is 1.